The standard InChI is InChI=1S/C17H18F2N2O3S/c1-25(23,24)21(11-10-13-6-8-14(18)9-7-13)12-17(22)20-16-5-3-2-4-15(16)19/h2-9H,10-12H2,1H3,(H,20,22). The van der Waals surface area contributed by atoms with Crippen LogP contribution in [0.4, 0.5) is 14.5 Å². The van der Waals surface area contributed by atoms with Gasteiger partial charge in [-0.3, -0.25) is 4.79 Å². The maximum absolute atomic E-state index is 13.5. The lowest BCUT2D eigenvalue weighted by Gasteiger charge is -2.19. The molecule has 25 heavy (non-hydrogen) atoms. The number of carbonyl (C=O) groups is 1. The summed E-state index contributed by atoms with van der Waals surface area (Å²) >= 11 is 0. The van der Waals surface area contributed by atoms with Crippen LogP contribution in [0.3, 0.4) is 0 Å². The molecule has 0 bridgehead atoms. The van der Waals surface area contributed by atoms with Crippen LogP contribution >= 0.6 is 0 Å². The fourth-order valence-corrected chi connectivity index (χ4v) is 2.95. The van der Waals surface area contributed by atoms with Gasteiger partial charge < -0.3 is 5.32 Å². The van der Waals surface area contributed by atoms with Crippen LogP contribution < -0.4 is 5.32 Å². The van der Waals surface area contributed by atoms with E-state index in [1.807, 2.05) is 0 Å². The van der Waals surface area contributed by atoms with Crippen molar-refractivity contribution >= 4 is 21.6 Å². The number of hydrogen-bond donors (Lipinski definition) is 1. The first kappa shape index (κ1) is 19.0. The third-order valence-corrected chi connectivity index (χ3v) is 4.75. The first-order chi connectivity index (χ1) is 11.8. The number of nitrogens with zero attached hydrogens (tertiary/aromatic N) is 1. The zero-order valence-electron chi connectivity index (χ0n) is 13.6. The summed E-state index contributed by atoms with van der Waals surface area (Å²) in [6, 6.07) is 11.3. The third-order valence-electron chi connectivity index (χ3n) is 3.50. The van der Waals surface area contributed by atoms with Crippen molar-refractivity contribution in [2.75, 3.05) is 24.7 Å². The van der Waals surface area contributed by atoms with Crippen molar-refractivity contribution in [1.82, 2.24) is 4.31 Å². The number of hydrogen-bond acceptors (Lipinski definition) is 3. The molecule has 0 aliphatic carbocycles. The number of rotatable bonds is 7. The van der Waals surface area contributed by atoms with Gasteiger partial charge in [0.05, 0.1) is 18.5 Å². The van der Waals surface area contributed by atoms with E-state index in [9.17, 15) is 22.0 Å². The normalized spacial score (nSPS) is 11.5. The van der Waals surface area contributed by atoms with E-state index in [0.717, 1.165) is 16.1 Å². The van der Waals surface area contributed by atoms with Gasteiger partial charge >= 0.3 is 0 Å². The Kier molecular flexibility index (Phi) is 6.22. The quantitative estimate of drug-likeness (QED) is 0.816. The molecule has 5 nitrogen and oxygen atoms in total. The summed E-state index contributed by atoms with van der Waals surface area (Å²) in [4.78, 5) is 12.0. The van der Waals surface area contributed by atoms with E-state index in [-0.39, 0.29) is 18.0 Å². The van der Waals surface area contributed by atoms with Crippen LogP contribution in [-0.2, 0) is 21.2 Å². The van der Waals surface area contributed by atoms with Gasteiger partial charge in [0, 0.05) is 6.54 Å². The topological polar surface area (TPSA) is 66.5 Å². The fourth-order valence-electron chi connectivity index (χ4n) is 2.18. The van der Waals surface area contributed by atoms with Crippen LogP contribution in [-0.4, -0.2) is 38.0 Å². The zero-order valence-corrected chi connectivity index (χ0v) is 14.4. The fraction of sp³-hybridized carbons (Fsp3) is 0.235. The van der Waals surface area contributed by atoms with E-state index in [0.29, 0.717) is 6.42 Å². The SMILES string of the molecule is CS(=O)(=O)N(CCc1ccc(F)cc1)CC(=O)Nc1ccccc1F. The number of anilines is 1. The molecule has 0 fully saturated rings. The van der Waals surface area contributed by atoms with Crippen LogP contribution in [0.1, 0.15) is 5.56 Å². The highest BCUT2D eigenvalue weighted by Gasteiger charge is 2.20. The second kappa shape index (κ2) is 8.17. The first-order valence-electron chi connectivity index (χ1n) is 7.49. The molecule has 0 atom stereocenters. The van der Waals surface area contributed by atoms with E-state index in [2.05, 4.69) is 5.32 Å². The summed E-state index contributed by atoms with van der Waals surface area (Å²) in [6.45, 7) is -0.385. The molecular formula is C17H18F2N2O3S. The highest BCUT2D eigenvalue weighted by molar-refractivity contribution is 7.88. The molecule has 8 heteroatoms. The second-order valence-corrected chi connectivity index (χ2v) is 7.48. The zero-order chi connectivity index (χ0) is 18.4. The summed E-state index contributed by atoms with van der Waals surface area (Å²) in [5.74, 6) is -1.63. The molecule has 2 aromatic rings. The van der Waals surface area contributed by atoms with Crippen molar-refractivity contribution < 1.29 is 22.0 Å². The molecule has 0 unspecified atom stereocenters. The Hall–Kier alpha value is -2.32. The molecule has 0 saturated carbocycles. The molecule has 0 spiro atoms. The Bertz CT molecular complexity index is 839. The van der Waals surface area contributed by atoms with Gasteiger partial charge in [0.2, 0.25) is 15.9 Å². The van der Waals surface area contributed by atoms with E-state index in [4.69, 9.17) is 0 Å². The van der Waals surface area contributed by atoms with Gasteiger partial charge in [0.1, 0.15) is 11.6 Å². The molecule has 2 aromatic carbocycles. The van der Waals surface area contributed by atoms with Crippen molar-refractivity contribution in [2.24, 2.45) is 0 Å². The van der Waals surface area contributed by atoms with E-state index in [1.165, 1.54) is 30.3 Å². The highest BCUT2D eigenvalue weighted by Crippen LogP contribution is 2.13. The van der Waals surface area contributed by atoms with Gasteiger partial charge in [0.15, 0.2) is 0 Å². The smallest absolute Gasteiger partial charge is 0.239 e. The molecule has 0 saturated heterocycles. The van der Waals surface area contributed by atoms with Crippen LogP contribution in [0.15, 0.2) is 48.5 Å². The largest absolute Gasteiger partial charge is 0.322 e. The Labute approximate surface area is 145 Å². The van der Waals surface area contributed by atoms with Crippen molar-refractivity contribution in [3.63, 3.8) is 0 Å². The minimum Gasteiger partial charge on any atom is -0.322 e. The Morgan fingerprint density at radius 1 is 1.08 bits per heavy atom. The number of halogens is 2. The molecule has 2 rings (SSSR count). The second-order valence-electron chi connectivity index (χ2n) is 5.50. The van der Waals surface area contributed by atoms with Gasteiger partial charge in [-0.2, -0.15) is 4.31 Å². The maximum atomic E-state index is 13.5. The van der Waals surface area contributed by atoms with Crippen molar-refractivity contribution in [3.8, 4) is 0 Å². The monoisotopic (exact) mass is 368 g/mol. The number of benzene rings is 2. The number of carbonyl (C=O) groups excluding carboxylic acids is 1. The Morgan fingerprint density at radius 2 is 1.72 bits per heavy atom. The molecule has 0 aromatic heterocycles. The number of para-hydroxylation sites is 1. The third kappa shape index (κ3) is 5.91. The van der Waals surface area contributed by atoms with Crippen molar-refractivity contribution in [2.45, 2.75) is 6.42 Å². The van der Waals surface area contributed by atoms with Gasteiger partial charge in [0.25, 0.3) is 0 Å². The van der Waals surface area contributed by atoms with Gasteiger partial charge in [-0.05, 0) is 36.2 Å². The summed E-state index contributed by atoms with van der Waals surface area (Å²) < 4.78 is 51.2. The molecular weight excluding hydrogens is 350 g/mol. The number of amides is 1. The van der Waals surface area contributed by atoms with Crippen LogP contribution in [0.2, 0.25) is 0 Å². The summed E-state index contributed by atoms with van der Waals surface area (Å²) in [5.41, 5.74) is 0.726. The average Bonchev–Trinajstić information content (AvgIpc) is 2.54. The maximum Gasteiger partial charge on any atom is 0.239 e. The lowest BCUT2D eigenvalue weighted by Crippen LogP contribution is -2.38. The first-order valence-corrected chi connectivity index (χ1v) is 9.34. The lowest BCUT2D eigenvalue weighted by atomic mass is 10.1. The van der Waals surface area contributed by atoms with Crippen molar-refractivity contribution in [1.29, 1.82) is 0 Å². The minimum absolute atomic E-state index is 0.0144. The van der Waals surface area contributed by atoms with E-state index >= 15 is 0 Å². The van der Waals surface area contributed by atoms with E-state index < -0.39 is 28.3 Å². The van der Waals surface area contributed by atoms with Gasteiger partial charge in [-0.15, -0.1) is 0 Å². The predicted molar refractivity (Wildman–Crippen MR) is 91.6 cm³/mol. The summed E-state index contributed by atoms with van der Waals surface area (Å²) in [5, 5.41) is 2.35. The van der Waals surface area contributed by atoms with Crippen LogP contribution in [0.25, 0.3) is 0 Å². The summed E-state index contributed by atoms with van der Waals surface area (Å²) in [6.07, 6.45) is 1.31. The predicted octanol–water partition coefficient (Wildman–Crippen LogP) is 2.41. The van der Waals surface area contributed by atoms with E-state index in [1.54, 1.807) is 18.2 Å². The molecule has 1 N–H and O–H groups in total. The lowest BCUT2D eigenvalue weighted by molar-refractivity contribution is -0.116. The van der Waals surface area contributed by atoms with Gasteiger partial charge in [-0.25, -0.2) is 17.2 Å². The molecule has 134 valence electrons. The molecule has 0 aliphatic rings. The molecule has 0 aliphatic heterocycles. The molecule has 0 heterocycles. The van der Waals surface area contributed by atoms with Crippen LogP contribution in [0, 0.1) is 11.6 Å². The van der Waals surface area contributed by atoms with Gasteiger partial charge in [-0.1, -0.05) is 24.3 Å². The Balaban J connectivity index is 2.01. The van der Waals surface area contributed by atoms with Crippen LogP contribution in [0.5, 0.6) is 0 Å². The number of nitrogens with one attached hydrogen (secondary N) is 1. The Morgan fingerprint density at radius 3 is 2.32 bits per heavy atom. The van der Waals surface area contributed by atoms with Crippen molar-refractivity contribution in [3.05, 3.63) is 65.7 Å². The summed E-state index contributed by atoms with van der Waals surface area (Å²) in [7, 11) is -3.64. The molecule has 1 amide bonds. The average molecular weight is 368 g/mol. The highest BCUT2D eigenvalue weighted by atomic mass is 32.2. The number of sulfonamides is 1. The molecule has 0 radical (unpaired) electrons. The minimum atomic E-state index is -3.64.